The molecule has 0 aliphatic rings. The minimum atomic E-state index is -1.02. The molecular formula is C17H27N3O4. The number of carboxylic acid groups (broad SMARTS) is 1. The van der Waals surface area contributed by atoms with Crippen LogP contribution in [0.4, 0.5) is 0 Å². The van der Waals surface area contributed by atoms with Crippen molar-refractivity contribution in [3.05, 3.63) is 35.9 Å². The number of carbonyl (C=O) groups excluding carboxylic acids is 2. The molecule has 0 spiro atoms. The Balaban J connectivity index is 0.000000506. The van der Waals surface area contributed by atoms with Gasteiger partial charge in [0.15, 0.2) is 0 Å². The third-order valence-electron chi connectivity index (χ3n) is 3.05. The average Bonchev–Trinajstić information content (AvgIpc) is 2.47. The van der Waals surface area contributed by atoms with Crippen LogP contribution in [0.2, 0.25) is 0 Å². The molecule has 0 fully saturated rings. The summed E-state index contributed by atoms with van der Waals surface area (Å²) in [4.78, 5) is 31.9. The summed E-state index contributed by atoms with van der Waals surface area (Å²) in [6, 6.07) is 7.87. The Morgan fingerprint density at radius 1 is 1.17 bits per heavy atom. The number of rotatable bonds is 7. The first kappa shape index (κ1) is 21.6. The minimum Gasteiger partial charge on any atom is -0.480 e. The maximum Gasteiger partial charge on any atom is 0.326 e. The van der Waals surface area contributed by atoms with Crippen molar-refractivity contribution >= 4 is 17.8 Å². The van der Waals surface area contributed by atoms with Crippen molar-refractivity contribution in [1.29, 1.82) is 0 Å². The molecule has 7 heteroatoms. The first-order chi connectivity index (χ1) is 11.1. The highest BCUT2D eigenvalue weighted by atomic mass is 16.4. The van der Waals surface area contributed by atoms with Gasteiger partial charge in [0.25, 0.3) is 0 Å². The Labute approximate surface area is 142 Å². The molecule has 0 heterocycles. The molecule has 0 saturated heterocycles. The van der Waals surface area contributed by atoms with Gasteiger partial charge in [0.1, 0.15) is 6.04 Å². The molecular weight excluding hydrogens is 310 g/mol. The van der Waals surface area contributed by atoms with Crippen molar-refractivity contribution in [1.82, 2.24) is 5.32 Å². The van der Waals surface area contributed by atoms with Crippen LogP contribution >= 0.6 is 0 Å². The lowest BCUT2D eigenvalue weighted by atomic mass is 10.0. The molecule has 0 unspecified atom stereocenters. The molecule has 134 valence electrons. The molecule has 0 bridgehead atoms. The zero-order valence-corrected chi connectivity index (χ0v) is 14.4. The fourth-order valence-electron chi connectivity index (χ4n) is 1.92. The van der Waals surface area contributed by atoms with Crippen LogP contribution in [0.3, 0.4) is 0 Å². The van der Waals surface area contributed by atoms with Gasteiger partial charge in [-0.2, -0.15) is 0 Å². The number of hydrogen-bond donors (Lipinski definition) is 4. The zero-order chi connectivity index (χ0) is 18.7. The minimum absolute atomic E-state index is 0.301. The molecule has 6 N–H and O–H groups in total. The Bertz CT molecular complexity index is 532. The topological polar surface area (TPSA) is 136 Å². The van der Waals surface area contributed by atoms with E-state index in [1.807, 2.05) is 44.2 Å². The van der Waals surface area contributed by atoms with Gasteiger partial charge in [-0.3, -0.25) is 9.59 Å². The number of amides is 2. The van der Waals surface area contributed by atoms with E-state index in [1.54, 1.807) is 0 Å². The SMILES string of the molecule is CC(=O)N[C@@H](Cc1ccccc1)C(=O)O.CC(C)C[C@H](N)C(N)=O. The van der Waals surface area contributed by atoms with Gasteiger partial charge < -0.3 is 21.9 Å². The summed E-state index contributed by atoms with van der Waals surface area (Å²) in [5.74, 6) is -1.33. The van der Waals surface area contributed by atoms with E-state index in [0.717, 1.165) is 5.56 Å². The third kappa shape index (κ3) is 10.3. The Morgan fingerprint density at radius 2 is 1.71 bits per heavy atom. The van der Waals surface area contributed by atoms with Gasteiger partial charge in [-0.25, -0.2) is 4.79 Å². The zero-order valence-electron chi connectivity index (χ0n) is 14.4. The fraction of sp³-hybridized carbons (Fsp3) is 0.471. The van der Waals surface area contributed by atoms with Gasteiger partial charge in [0.05, 0.1) is 6.04 Å². The molecule has 0 aliphatic heterocycles. The summed E-state index contributed by atoms with van der Waals surface area (Å²) in [5.41, 5.74) is 11.2. The van der Waals surface area contributed by atoms with Crippen LogP contribution in [-0.2, 0) is 20.8 Å². The maximum atomic E-state index is 10.8. The fourth-order valence-corrected chi connectivity index (χ4v) is 1.92. The van der Waals surface area contributed by atoms with Crippen LogP contribution < -0.4 is 16.8 Å². The van der Waals surface area contributed by atoms with Crippen molar-refractivity contribution in [2.75, 3.05) is 0 Å². The number of carbonyl (C=O) groups is 3. The van der Waals surface area contributed by atoms with Crippen LogP contribution in [0.15, 0.2) is 30.3 Å². The van der Waals surface area contributed by atoms with Gasteiger partial charge in [-0.15, -0.1) is 0 Å². The van der Waals surface area contributed by atoms with Gasteiger partial charge in [-0.1, -0.05) is 44.2 Å². The van der Waals surface area contributed by atoms with Crippen molar-refractivity contribution in [3.63, 3.8) is 0 Å². The summed E-state index contributed by atoms with van der Waals surface area (Å²) in [5, 5.41) is 11.3. The standard InChI is InChI=1S/C11H13NO3.C6H14N2O/c1-8(13)12-10(11(14)15)7-9-5-3-2-4-6-9;1-4(2)3-5(7)6(8)9/h2-6,10H,7H2,1H3,(H,12,13)(H,14,15);4-5H,3,7H2,1-2H3,(H2,8,9)/t10-;5-/m00/s1. The van der Waals surface area contributed by atoms with Crippen molar-refractivity contribution < 1.29 is 19.5 Å². The van der Waals surface area contributed by atoms with E-state index in [-0.39, 0.29) is 5.91 Å². The van der Waals surface area contributed by atoms with Crippen LogP contribution in [-0.4, -0.2) is 35.0 Å². The largest absolute Gasteiger partial charge is 0.480 e. The molecule has 1 rings (SSSR count). The summed E-state index contributed by atoms with van der Waals surface area (Å²) in [6.45, 7) is 5.31. The molecule has 1 aromatic carbocycles. The maximum absolute atomic E-state index is 10.8. The van der Waals surface area contributed by atoms with Crippen LogP contribution in [0.1, 0.15) is 32.8 Å². The second kappa shape index (κ2) is 11.2. The predicted molar refractivity (Wildman–Crippen MR) is 92.0 cm³/mol. The number of carboxylic acids is 1. The predicted octanol–water partition coefficient (Wildman–Crippen LogP) is 0.664. The average molecular weight is 337 g/mol. The van der Waals surface area contributed by atoms with E-state index in [9.17, 15) is 14.4 Å². The first-order valence-corrected chi connectivity index (χ1v) is 7.72. The van der Waals surface area contributed by atoms with E-state index in [2.05, 4.69) is 5.32 Å². The molecule has 0 aromatic heterocycles. The van der Waals surface area contributed by atoms with Gasteiger partial charge in [0.2, 0.25) is 11.8 Å². The van der Waals surface area contributed by atoms with E-state index >= 15 is 0 Å². The number of hydrogen-bond acceptors (Lipinski definition) is 4. The molecule has 1 aromatic rings. The van der Waals surface area contributed by atoms with E-state index in [1.165, 1.54) is 6.92 Å². The quantitative estimate of drug-likeness (QED) is 0.579. The van der Waals surface area contributed by atoms with Crippen molar-refractivity contribution in [3.8, 4) is 0 Å². The number of benzene rings is 1. The molecule has 2 amide bonds. The van der Waals surface area contributed by atoms with Crippen molar-refractivity contribution in [2.24, 2.45) is 17.4 Å². The highest BCUT2D eigenvalue weighted by Gasteiger charge is 2.18. The summed E-state index contributed by atoms with van der Waals surface area (Å²) in [7, 11) is 0. The van der Waals surface area contributed by atoms with E-state index in [4.69, 9.17) is 16.6 Å². The summed E-state index contributed by atoms with van der Waals surface area (Å²) in [6.07, 6.45) is 0.977. The molecule has 0 aliphatic carbocycles. The second-order valence-corrected chi connectivity index (χ2v) is 5.92. The second-order valence-electron chi connectivity index (χ2n) is 5.92. The number of aliphatic carboxylic acids is 1. The number of primary amides is 1. The first-order valence-electron chi connectivity index (χ1n) is 7.72. The molecule has 0 saturated carbocycles. The molecule has 24 heavy (non-hydrogen) atoms. The lowest BCUT2D eigenvalue weighted by Crippen LogP contribution is -2.41. The smallest absolute Gasteiger partial charge is 0.326 e. The van der Waals surface area contributed by atoms with Crippen LogP contribution in [0.25, 0.3) is 0 Å². The lowest BCUT2D eigenvalue weighted by Gasteiger charge is -2.12. The Morgan fingerprint density at radius 3 is 2.04 bits per heavy atom. The molecule has 7 nitrogen and oxygen atoms in total. The number of nitrogens with one attached hydrogen (secondary N) is 1. The monoisotopic (exact) mass is 337 g/mol. The van der Waals surface area contributed by atoms with Crippen molar-refractivity contribution in [2.45, 2.75) is 45.7 Å². The highest BCUT2D eigenvalue weighted by Crippen LogP contribution is 2.03. The summed E-state index contributed by atoms with van der Waals surface area (Å²) < 4.78 is 0. The van der Waals surface area contributed by atoms with Gasteiger partial charge in [0, 0.05) is 13.3 Å². The van der Waals surface area contributed by atoms with E-state index < -0.39 is 24.0 Å². The van der Waals surface area contributed by atoms with Gasteiger partial charge in [-0.05, 0) is 17.9 Å². The lowest BCUT2D eigenvalue weighted by molar-refractivity contribution is -0.141. The van der Waals surface area contributed by atoms with Crippen LogP contribution in [0, 0.1) is 5.92 Å². The highest BCUT2D eigenvalue weighted by molar-refractivity contribution is 5.82. The third-order valence-corrected chi connectivity index (χ3v) is 3.05. The number of nitrogens with two attached hydrogens (primary N) is 2. The molecule has 0 radical (unpaired) electrons. The van der Waals surface area contributed by atoms with Gasteiger partial charge >= 0.3 is 5.97 Å². The Kier molecular flexibility index (Phi) is 10.1. The molecule has 2 atom stereocenters. The normalized spacial score (nSPS) is 12.5. The van der Waals surface area contributed by atoms with E-state index in [0.29, 0.717) is 18.8 Å². The Hall–Kier alpha value is -2.41. The summed E-state index contributed by atoms with van der Waals surface area (Å²) >= 11 is 0. The van der Waals surface area contributed by atoms with Crippen LogP contribution in [0.5, 0.6) is 0 Å².